The van der Waals surface area contributed by atoms with Crippen molar-refractivity contribution < 1.29 is 14.6 Å². The molecule has 1 heterocycles. The molecule has 0 amide bonds. The standard InChI is InChI=1S/C22H28N2O3S/c1-5-24(6-2)16-9-8-15(18(25)12-16)13-23-21-20(22(26)27-4)17-10-7-14(3)11-19(17)28-21/h8-9,12-14,25H,5-7,10-11H2,1-4H3/t14-/m1/s1. The molecule has 3 rings (SSSR count). The highest BCUT2D eigenvalue weighted by Crippen LogP contribution is 2.41. The first-order chi connectivity index (χ1) is 13.5. The maximum Gasteiger partial charge on any atom is 0.341 e. The summed E-state index contributed by atoms with van der Waals surface area (Å²) in [7, 11) is 1.41. The average molecular weight is 401 g/mol. The number of aromatic hydroxyl groups is 1. The predicted octanol–water partition coefficient (Wildman–Crippen LogP) is 4.96. The summed E-state index contributed by atoms with van der Waals surface area (Å²) in [6.07, 6.45) is 4.57. The van der Waals surface area contributed by atoms with E-state index in [9.17, 15) is 9.90 Å². The fraction of sp³-hybridized carbons (Fsp3) is 0.455. The largest absolute Gasteiger partial charge is 0.507 e. The maximum absolute atomic E-state index is 12.4. The van der Waals surface area contributed by atoms with E-state index in [1.165, 1.54) is 12.0 Å². The number of phenolic OH excluding ortho intramolecular Hbond substituents is 1. The van der Waals surface area contributed by atoms with E-state index in [4.69, 9.17) is 4.74 Å². The molecule has 0 aliphatic heterocycles. The minimum absolute atomic E-state index is 0.183. The van der Waals surface area contributed by atoms with Gasteiger partial charge in [0.05, 0.1) is 12.7 Å². The van der Waals surface area contributed by atoms with Gasteiger partial charge in [-0.3, -0.25) is 0 Å². The predicted molar refractivity (Wildman–Crippen MR) is 116 cm³/mol. The van der Waals surface area contributed by atoms with Crippen molar-refractivity contribution in [2.45, 2.75) is 40.0 Å². The zero-order valence-corrected chi connectivity index (χ0v) is 17.8. The highest BCUT2D eigenvalue weighted by atomic mass is 32.1. The Bertz CT molecular complexity index is 884. The third-order valence-corrected chi connectivity index (χ3v) is 6.51. The number of ether oxygens (including phenoxy) is 1. The number of methoxy groups -OCH3 is 1. The van der Waals surface area contributed by atoms with Gasteiger partial charge in [0.15, 0.2) is 0 Å². The number of esters is 1. The topological polar surface area (TPSA) is 62.1 Å². The first-order valence-electron chi connectivity index (χ1n) is 9.83. The Labute approximate surface area is 170 Å². The van der Waals surface area contributed by atoms with Gasteiger partial charge in [0.25, 0.3) is 0 Å². The number of rotatable bonds is 6. The fourth-order valence-electron chi connectivity index (χ4n) is 3.69. The summed E-state index contributed by atoms with van der Waals surface area (Å²) in [5.74, 6) is 0.466. The van der Waals surface area contributed by atoms with Gasteiger partial charge >= 0.3 is 5.97 Å². The van der Waals surface area contributed by atoms with Crippen molar-refractivity contribution in [2.24, 2.45) is 10.9 Å². The van der Waals surface area contributed by atoms with Crippen molar-refractivity contribution in [3.05, 3.63) is 39.8 Å². The van der Waals surface area contributed by atoms with Gasteiger partial charge < -0.3 is 14.7 Å². The summed E-state index contributed by atoms with van der Waals surface area (Å²) in [6, 6.07) is 5.60. The SMILES string of the molecule is CCN(CC)c1ccc(C=Nc2sc3c(c2C(=O)OC)CC[C@@H](C)C3)c(O)c1. The lowest BCUT2D eigenvalue weighted by Gasteiger charge is -2.21. The third kappa shape index (κ3) is 4.07. The summed E-state index contributed by atoms with van der Waals surface area (Å²) in [5.41, 5.74) is 3.29. The van der Waals surface area contributed by atoms with Crippen molar-refractivity contribution in [1.29, 1.82) is 0 Å². The lowest BCUT2D eigenvalue weighted by molar-refractivity contribution is 0.0600. The van der Waals surface area contributed by atoms with Crippen LogP contribution in [-0.4, -0.2) is 37.5 Å². The van der Waals surface area contributed by atoms with Gasteiger partial charge in [-0.2, -0.15) is 0 Å². The van der Waals surface area contributed by atoms with E-state index in [0.29, 0.717) is 22.0 Å². The Balaban J connectivity index is 1.93. The molecule has 0 saturated heterocycles. The number of anilines is 1. The molecular weight excluding hydrogens is 372 g/mol. The number of carbonyl (C=O) groups is 1. The molecule has 1 atom stereocenters. The highest BCUT2D eigenvalue weighted by Gasteiger charge is 2.27. The Morgan fingerprint density at radius 3 is 2.79 bits per heavy atom. The normalized spacial score (nSPS) is 16.2. The minimum Gasteiger partial charge on any atom is -0.507 e. The van der Waals surface area contributed by atoms with Crippen LogP contribution in [-0.2, 0) is 17.6 Å². The second-order valence-corrected chi connectivity index (χ2v) is 8.28. The molecule has 0 radical (unpaired) electrons. The molecule has 1 aromatic carbocycles. The Kier molecular flexibility index (Phi) is 6.39. The molecule has 0 saturated carbocycles. The van der Waals surface area contributed by atoms with Crippen LogP contribution in [0.5, 0.6) is 5.75 Å². The van der Waals surface area contributed by atoms with Crippen LogP contribution in [0.3, 0.4) is 0 Å². The molecule has 150 valence electrons. The molecule has 2 aromatic rings. The number of hydrogen-bond donors (Lipinski definition) is 1. The maximum atomic E-state index is 12.4. The number of hydrogen-bond acceptors (Lipinski definition) is 6. The summed E-state index contributed by atoms with van der Waals surface area (Å²) in [6.45, 7) is 8.17. The van der Waals surface area contributed by atoms with Gasteiger partial charge in [0.2, 0.25) is 0 Å². The van der Waals surface area contributed by atoms with Crippen LogP contribution in [0.15, 0.2) is 23.2 Å². The molecule has 28 heavy (non-hydrogen) atoms. The molecule has 6 heteroatoms. The van der Waals surface area contributed by atoms with Crippen LogP contribution in [0.4, 0.5) is 10.7 Å². The Morgan fingerprint density at radius 2 is 2.14 bits per heavy atom. The van der Waals surface area contributed by atoms with Gasteiger partial charge in [0.1, 0.15) is 10.8 Å². The van der Waals surface area contributed by atoms with Crippen molar-refractivity contribution in [1.82, 2.24) is 0 Å². The number of benzene rings is 1. The monoisotopic (exact) mass is 400 g/mol. The smallest absolute Gasteiger partial charge is 0.341 e. The second-order valence-electron chi connectivity index (χ2n) is 7.20. The van der Waals surface area contributed by atoms with Gasteiger partial charge in [-0.15, -0.1) is 11.3 Å². The number of fused-ring (bicyclic) bond motifs is 1. The summed E-state index contributed by atoms with van der Waals surface area (Å²) < 4.78 is 5.01. The summed E-state index contributed by atoms with van der Waals surface area (Å²) in [5, 5.41) is 11.1. The zero-order chi connectivity index (χ0) is 20.3. The number of thiophene rings is 1. The molecule has 0 unspecified atom stereocenters. The van der Waals surface area contributed by atoms with Gasteiger partial charge in [-0.25, -0.2) is 9.79 Å². The van der Waals surface area contributed by atoms with Crippen LogP contribution in [0.25, 0.3) is 0 Å². The summed E-state index contributed by atoms with van der Waals surface area (Å²) >= 11 is 1.56. The van der Waals surface area contributed by atoms with Gasteiger partial charge in [-0.1, -0.05) is 6.92 Å². The van der Waals surface area contributed by atoms with Crippen LogP contribution in [0.1, 0.15) is 53.6 Å². The van der Waals surface area contributed by atoms with E-state index in [1.54, 1.807) is 23.6 Å². The Hall–Kier alpha value is -2.34. The van der Waals surface area contributed by atoms with E-state index in [0.717, 1.165) is 43.6 Å². The lowest BCUT2D eigenvalue weighted by Crippen LogP contribution is -2.21. The number of nitrogens with zero attached hydrogens (tertiary/aromatic N) is 2. The molecule has 0 spiro atoms. The first-order valence-corrected chi connectivity index (χ1v) is 10.6. The third-order valence-electron chi connectivity index (χ3n) is 5.35. The van der Waals surface area contributed by atoms with Crippen molar-refractivity contribution in [3.63, 3.8) is 0 Å². The lowest BCUT2D eigenvalue weighted by atomic mass is 9.88. The van der Waals surface area contributed by atoms with Crippen LogP contribution in [0.2, 0.25) is 0 Å². The molecule has 1 aliphatic carbocycles. The second kappa shape index (κ2) is 8.78. The number of aliphatic imine (C=N–C) groups is 1. The van der Waals surface area contributed by atoms with Crippen LogP contribution in [0, 0.1) is 5.92 Å². The van der Waals surface area contributed by atoms with Crippen molar-refractivity contribution in [3.8, 4) is 5.75 Å². The first kappa shape index (κ1) is 20.4. The molecular formula is C22H28N2O3S. The number of carbonyl (C=O) groups excluding carboxylic acids is 1. The van der Waals surface area contributed by atoms with Crippen molar-refractivity contribution in [2.75, 3.05) is 25.1 Å². The molecule has 0 bridgehead atoms. The molecule has 0 fully saturated rings. The molecule has 1 aliphatic rings. The van der Waals surface area contributed by atoms with E-state index in [2.05, 4.69) is 30.7 Å². The average Bonchev–Trinajstić information content (AvgIpc) is 3.05. The van der Waals surface area contributed by atoms with E-state index in [-0.39, 0.29) is 11.7 Å². The molecule has 1 aromatic heterocycles. The van der Waals surface area contributed by atoms with Crippen LogP contribution >= 0.6 is 11.3 Å². The van der Waals surface area contributed by atoms with Crippen LogP contribution < -0.4 is 4.90 Å². The van der Waals surface area contributed by atoms with Gasteiger partial charge in [0, 0.05) is 41.5 Å². The summed E-state index contributed by atoms with van der Waals surface area (Å²) in [4.78, 5) is 20.3. The number of phenols is 1. The minimum atomic E-state index is -0.333. The van der Waals surface area contributed by atoms with E-state index >= 15 is 0 Å². The quantitative estimate of drug-likeness (QED) is 0.550. The zero-order valence-electron chi connectivity index (χ0n) is 17.0. The van der Waals surface area contributed by atoms with E-state index in [1.807, 2.05) is 12.1 Å². The fourth-order valence-corrected chi connectivity index (χ4v) is 5.04. The van der Waals surface area contributed by atoms with Gasteiger partial charge in [-0.05, 0) is 56.7 Å². The highest BCUT2D eigenvalue weighted by molar-refractivity contribution is 7.16. The van der Waals surface area contributed by atoms with Crippen molar-refractivity contribution >= 4 is 34.2 Å². The van der Waals surface area contributed by atoms with E-state index < -0.39 is 0 Å². The Morgan fingerprint density at radius 1 is 1.39 bits per heavy atom. The molecule has 5 nitrogen and oxygen atoms in total. The molecule has 1 N–H and O–H groups in total.